The summed E-state index contributed by atoms with van der Waals surface area (Å²) < 4.78 is 11.4. The van der Waals surface area contributed by atoms with Crippen LogP contribution in [-0.2, 0) is 9.47 Å². The van der Waals surface area contributed by atoms with Gasteiger partial charge in [-0.15, -0.1) is 0 Å². The molecule has 5 heteroatoms. The highest BCUT2D eigenvalue weighted by atomic mass is 16.7. The summed E-state index contributed by atoms with van der Waals surface area (Å²) in [6.07, 6.45) is 3.48. The molecule has 3 rings (SSSR count). The zero-order valence-corrected chi connectivity index (χ0v) is 11.4. The van der Waals surface area contributed by atoms with Crippen molar-refractivity contribution in [3.63, 3.8) is 0 Å². The molecule has 1 aromatic rings. The van der Waals surface area contributed by atoms with E-state index >= 15 is 0 Å². The Morgan fingerprint density at radius 3 is 2.40 bits per heavy atom. The van der Waals surface area contributed by atoms with E-state index in [0.717, 1.165) is 31.4 Å². The van der Waals surface area contributed by atoms with Crippen molar-refractivity contribution in [3.05, 3.63) is 30.3 Å². The topological polar surface area (TPSA) is 59.6 Å². The molecule has 0 bridgehead atoms. The first-order valence-electron chi connectivity index (χ1n) is 7.16. The van der Waals surface area contributed by atoms with Gasteiger partial charge in [0.1, 0.15) is 0 Å². The van der Waals surface area contributed by atoms with Gasteiger partial charge in [-0.3, -0.25) is 0 Å². The fraction of sp³-hybridized carbons (Fsp3) is 0.533. The van der Waals surface area contributed by atoms with Crippen molar-refractivity contribution in [1.29, 1.82) is 0 Å². The third-order valence-electron chi connectivity index (χ3n) is 3.93. The summed E-state index contributed by atoms with van der Waals surface area (Å²) in [6, 6.07) is 9.50. The van der Waals surface area contributed by atoms with Crippen molar-refractivity contribution in [3.8, 4) is 0 Å². The summed E-state index contributed by atoms with van der Waals surface area (Å²) in [5.41, 5.74) is 0.805. The molecule has 2 aliphatic rings. The van der Waals surface area contributed by atoms with Crippen molar-refractivity contribution in [1.82, 2.24) is 5.32 Å². The number of carbonyl (C=O) groups excluding carboxylic acids is 1. The Balaban J connectivity index is 1.46. The predicted molar refractivity (Wildman–Crippen MR) is 75.5 cm³/mol. The number of nitrogens with one attached hydrogen (secondary N) is 2. The van der Waals surface area contributed by atoms with Gasteiger partial charge in [0, 0.05) is 24.6 Å². The number of hydrogen-bond donors (Lipinski definition) is 2. The first-order chi connectivity index (χ1) is 9.76. The van der Waals surface area contributed by atoms with Crippen LogP contribution in [0.25, 0.3) is 0 Å². The normalized spacial score (nSPS) is 21.8. The fourth-order valence-electron chi connectivity index (χ4n) is 2.86. The molecule has 1 aromatic carbocycles. The molecule has 1 saturated heterocycles. The quantitative estimate of drug-likeness (QED) is 0.872. The monoisotopic (exact) mass is 276 g/mol. The summed E-state index contributed by atoms with van der Waals surface area (Å²) in [7, 11) is 0. The molecule has 2 N–H and O–H groups in total. The summed E-state index contributed by atoms with van der Waals surface area (Å²) in [6.45, 7) is 1.37. The van der Waals surface area contributed by atoms with Crippen LogP contribution in [0.5, 0.6) is 0 Å². The lowest BCUT2D eigenvalue weighted by Crippen LogP contribution is -2.45. The highest BCUT2D eigenvalue weighted by Crippen LogP contribution is 2.35. The van der Waals surface area contributed by atoms with Gasteiger partial charge in [-0.1, -0.05) is 18.2 Å². The van der Waals surface area contributed by atoms with E-state index in [1.54, 1.807) is 0 Å². The van der Waals surface area contributed by atoms with E-state index in [2.05, 4.69) is 10.6 Å². The molecule has 0 atom stereocenters. The van der Waals surface area contributed by atoms with Crippen LogP contribution >= 0.6 is 0 Å². The lowest BCUT2D eigenvalue weighted by molar-refractivity contribution is -0.179. The molecular formula is C15H20N2O3. The minimum Gasteiger partial charge on any atom is -0.348 e. The van der Waals surface area contributed by atoms with Crippen LogP contribution in [0, 0.1) is 0 Å². The zero-order chi connectivity index (χ0) is 13.8. The molecule has 20 heavy (non-hydrogen) atoms. The van der Waals surface area contributed by atoms with Crippen LogP contribution in [0.15, 0.2) is 30.3 Å². The third-order valence-corrected chi connectivity index (χ3v) is 3.93. The smallest absolute Gasteiger partial charge is 0.319 e. The molecule has 1 spiro atoms. The first kappa shape index (κ1) is 13.4. The summed E-state index contributed by atoms with van der Waals surface area (Å²) in [5.74, 6) is -0.367. The van der Waals surface area contributed by atoms with Gasteiger partial charge < -0.3 is 20.1 Å². The second-order valence-electron chi connectivity index (χ2n) is 5.35. The number of rotatable bonds is 2. The Kier molecular flexibility index (Phi) is 3.89. The van der Waals surface area contributed by atoms with Crippen LogP contribution < -0.4 is 10.6 Å². The van der Waals surface area contributed by atoms with Crippen molar-refractivity contribution < 1.29 is 14.3 Å². The average Bonchev–Trinajstić information content (AvgIpc) is 2.91. The minimum absolute atomic E-state index is 0.148. The molecule has 1 aliphatic heterocycles. The number of benzene rings is 1. The molecule has 0 radical (unpaired) electrons. The Morgan fingerprint density at radius 2 is 1.75 bits per heavy atom. The highest BCUT2D eigenvalue weighted by Gasteiger charge is 2.40. The van der Waals surface area contributed by atoms with Crippen LogP contribution in [0.1, 0.15) is 25.7 Å². The molecule has 1 aliphatic carbocycles. The maximum absolute atomic E-state index is 11.9. The van der Waals surface area contributed by atoms with Gasteiger partial charge in [0.15, 0.2) is 5.79 Å². The van der Waals surface area contributed by atoms with Crippen LogP contribution in [-0.4, -0.2) is 31.1 Å². The van der Waals surface area contributed by atoms with Gasteiger partial charge >= 0.3 is 6.03 Å². The molecule has 0 aromatic heterocycles. The Hall–Kier alpha value is -1.59. The lowest BCUT2D eigenvalue weighted by atomic mass is 9.90. The van der Waals surface area contributed by atoms with Crippen molar-refractivity contribution in [2.75, 3.05) is 18.5 Å². The molecular weight excluding hydrogens is 256 g/mol. The maximum Gasteiger partial charge on any atom is 0.319 e. The number of urea groups is 1. The first-order valence-corrected chi connectivity index (χ1v) is 7.16. The number of amides is 2. The zero-order valence-electron chi connectivity index (χ0n) is 11.4. The highest BCUT2D eigenvalue weighted by molar-refractivity contribution is 5.89. The van der Waals surface area contributed by atoms with Gasteiger partial charge in [-0.2, -0.15) is 0 Å². The summed E-state index contributed by atoms with van der Waals surface area (Å²) in [5, 5.41) is 5.85. The summed E-state index contributed by atoms with van der Waals surface area (Å²) in [4.78, 5) is 11.9. The van der Waals surface area contributed by atoms with Crippen molar-refractivity contribution in [2.45, 2.75) is 37.5 Å². The van der Waals surface area contributed by atoms with E-state index < -0.39 is 0 Å². The second-order valence-corrected chi connectivity index (χ2v) is 5.35. The van der Waals surface area contributed by atoms with Gasteiger partial charge in [0.2, 0.25) is 0 Å². The largest absolute Gasteiger partial charge is 0.348 e. The number of para-hydroxylation sites is 1. The summed E-state index contributed by atoms with van der Waals surface area (Å²) >= 11 is 0. The van der Waals surface area contributed by atoms with Gasteiger partial charge in [-0.25, -0.2) is 4.79 Å². The lowest BCUT2D eigenvalue weighted by Gasteiger charge is -2.35. The van der Waals surface area contributed by atoms with E-state index in [-0.39, 0.29) is 17.9 Å². The van der Waals surface area contributed by atoms with E-state index in [1.807, 2.05) is 30.3 Å². The molecule has 5 nitrogen and oxygen atoms in total. The van der Waals surface area contributed by atoms with Gasteiger partial charge in [-0.05, 0) is 25.0 Å². The standard InChI is InChI=1S/C15H20N2O3/c18-14(16-12-4-2-1-3-5-12)17-13-6-8-15(9-7-13)19-10-11-20-15/h1-5,13H,6-11H2,(H2,16,17,18). The maximum atomic E-state index is 11.9. The van der Waals surface area contributed by atoms with E-state index in [4.69, 9.17) is 9.47 Å². The average molecular weight is 276 g/mol. The molecule has 1 heterocycles. The molecule has 2 amide bonds. The van der Waals surface area contributed by atoms with E-state index in [0.29, 0.717) is 13.2 Å². The Bertz CT molecular complexity index is 447. The molecule has 2 fully saturated rings. The van der Waals surface area contributed by atoms with E-state index in [9.17, 15) is 4.79 Å². The minimum atomic E-state index is -0.367. The third kappa shape index (κ3) is 3.11. The SMILES string of the molecule is O=C(Nc1ccccc1)NC1CCC2(CC1)OCCO2. The number of hydrogen-bond acceptors (Lipinski definition) is 3. The van der Waals surface area contributed by atoms with E-state index in [1.165, 1.54) is 0 Å². The van der Waals surface area contributed by atoms with Crippen LogP contribution in [0.4, 0.5) is 10.5 Å². The second kappa shape index (κ2) is 5.81. The fourth-order valence-corrected chi connectivity index (χ4v) is 2.86. The molecule has 1 saturated carbocycles. The van der Waals surface area contributed by atoms with Crippen LogP contribution in [0.2, 0.25) is 0 Å². The van der Waals surface area contributed by atoms with Crippen molar-refractivity contribution >= 4 is 11.7 Å². The molecule has 0 unspecified atom stereocenters. The van der Waals surface area contributed by atoms with Crippen molar-refractivity contribution in [2.24, 2.45) is 0 Å². The predicted octanol–water partition coefficient (Wildman–Crippen LogP) is 2.49. The Morgan fingerprint density at radius 1 is 1.10 bits per heavy atom. The number of carbonyl (C=O) groups is 1. The number of anilines is 1. The molecule has 108 valence electrons. The van der Waals surface area contributed by atoms with Crippen LogP contribution in [0.3, 0.4) is 0 Å². The van der Waals surface area contributed by atoms with Gasteiger partial charge in [0.05, 0.1) is 13.2 Å². The number of ether oxygens (including phenoxy) is 2. The van der Waals surface area contributed by atoms with Gasteiger partial charge in [0.25, 0.3) is 0 Å². The Labute approximate surface area is 118 Å².